The Kier molecular flexibility index (Phi) is 1.94. The summed E-state index contributed by atoms with van der Waals surface area (Å²) in [6.07, 6.45) is 2.78. The molecule has 0 aromatic carbocycles. The van der Waals surface area contributed by atoms with Gasteiger partial charge in [-0.1, -0.05) is 6.92 Å². The van der Waals surface area contributed by atoms with E-state index in [0.29, 0.717) is 13.1 Å². The van der Waals surface area contributed by atoms with Crippen LogP contribution in [0.25, 0.3) is 0 Å². The Morgan fingerprint density at radius 2 is 2.44 bits per heavy atom. The van der Waals surface area contributed by atoms with Crippen molar-refractivity contribution in [3.05, 3.63) is 17.5 Å². The molecule has 3 rings (SSSR count). The number of urea groups is 1. The molecule has 1 aromatic heterocycles. The molecule has 0 radical (unpaired) electrons. The number of amides is 2. The molecular weight excluding hydrogens is 208 g/mol. The van der Waals surface area contributed by atoms with Gasteiger partial charge in [-0.2, -0.15) is 10.2 Å². The second-order valence-electron chi connectivity index (χ2n) is 4.29. The van der Waals surface area contributed by atoms with Gasteiger partial charge in [-0.05, 0) is 6.42 Å². The maximum absolute atomic E-state index is 11.6. The third kappa shape index (κ3) is 1.10. The molecule has 1 saturated heterocycles. The summed E-state index contributed by atoms with van der Waals surface area (Å²) < 4.78 is 1.93. The summed E-state index contributed by atoms with van der Waals surface area (Å²) in [7, 11) is 0. The van der Waals surface area contributed by atoms with Crippen molar-refractivity contribution in [2.75, 3.05) is 6.54 Å². The zero-order chi connectivity index (χ0) is 11.3. The highest BCUT2D eigenvalue weighted by atomic mass is 16.5. The van der Waals surface area contributed by atoms with Crippen LogP contribution in [0.1, 0.15) is 30.6 Å². The van der Waals surface area contributed by atoms with Gasteiger partial charge >= 0.3 is 6.03 Å². The van der Waals surface area contributed by atoms with E-state index in [1.807, 2.05) is 4.68 Å². The molecule has 0 spiro atoms. The van der Waals surface area contributed by atoms with Gasteiger partial charge in [0, 0.05) is 12.1 Å². The lowest BCUT2D eigenvalue weighted by atomic mass is 10.1. The van der Waals surface area contributed by atoms with E-state index in [2.05, 4.69) is 12.0 Å². The topological polar surface area (TPSA) is 61.6 Å². The lowest BCUT2D eigenvalue weighted by molar-refractivity contribution is -0.0586. The van der Waals surface area contributed by atoms with E-state index < -0.39 is 0 Å². The van der Waals surface area contributed by atoms with Crippen LogP contribution in [0.15, 0.2) is 6.20 Å². The number of hydroxylamine groups is 2. The van der Waals surface area contributed by atoms with Gasteiger partial charge in [0.2, 0.25) is 0 Å². The van der Waals surface area contributed by atoms with Crippen molar-refractivity contribution in [1.82, 2.24) is 19.7 Å². The number of hydrogen-bond acceptors (Lipinski definition) is 3. The Balaban J connectivity index is 2.02. The summed E-state index contributed by atoms with van der Waals surface area (Å²) in [5.41, 5.74) is 2.04. The maximum atomic E-state index is 11.6. The van der Waals surface area contributed by atoms with Gasteiger partial charge in [0.15, 0.2) is 0 Å². The van der Waals surface area contributed by atoms with Crippen molar-refractivity contribution in [3.63, 3.8) is 0 Å². The molecule has 1 atom stereocenters. The van der Waals surface area contributed by atoms with E-state index in [-0.39, 0.29) is 12.1 Å². The molecule has 1 unspecified atom stereocenters. The summed E-state index contributed by atoms with van der Waals surface area (Å²) in [5, 5.41) is 14.8. The Labute approximate surface area is 93.0 Å². The van der Waals surface area contributed by atoms with Crippen LogP contribution in [0.2, 0.25) is 0 Å². The van der Waals surface area contributed by atoms with Crippen molar-refractivity contribution in [1.29, 1.82) is 0 Å². The fraction of sp³-hybridized carbons (Fsp3) is 0.600. The lowest BCUT2D eigenvalue weighted by Crippen LogP contribution is -2.29. The number of aromatic nitrogens is 2. The molecule has 0 aliphatic carbocycles. The number of rotatable bonds is 2. The molecule has 1 fully saturated rings. The molecule has 6 heteroatoms. The summed E-state index contributed by atoms with van der Waals surface area (Å²) in [6.45, 7) is 4.08. The third-order valence-electron chi connectivity index (χ3n) is 3.27. The predicted octanol–water partition coefficient (Wildman–Crippen LogP) is 0.975. The van der Waals surface area contributed by atoms with Gasteiger partial charge in [-0.3, -0.25) is 9.89 Å². The minimum atomic E-state index is -0.302. The molecule has 16 heavy (non-hydrogen) atoms. The fourth-order valence-electron chi connectivity index (χ4n) is 2.47. The Bertz CT molecular complexity index is 442. The number of fused-ring (bicyclic) bond motifs is 4. The van der Waals surface area contributed by atoms with Crippen molar-refractivity contribution >= 4 is 6.03 Å². The van der Waals surface area contributed by atoms with Crippen molar-refractivity contribution in [2.45, 2.75) is 32.5 Å². The highest BCUT2D eigenvalue weighted by Crippen LogP contribution is 2.36. The van der Waals surface area contributed by atoms with E-state index >= 15 is 0 Å². The van der Waals surface area contributed by atoms with E-state index in [9.17, 15) is 10.0 Å². The summed E-state index contributed by atoms with van der Waals surface area (Å²) in [5.74, 6) is 0. The van der Waals surface area contributed by atoms with Crippen molar-refractivity contribution in [3.8, 4) is 0 Å². The molecular formula is C10H14N4O2. The van der Waals surface area contributed by atoms with Crippen molar-refractivity contribution in [2.24, 2.45) is 0 Å². The molecule has 2 aliphatic rings. The van der Waals surface area contributed by atoms with Gasteiger partial charge < -0.3 is 4.90 Å². The molecule has 86 valence electrons. The first-order chi connectivity index (χ1) is 7.72. The van der Waals surface area contributed by atoms with Crippen LogP contribution in [-0.4, -0.2) is 37.5 Å². The second kappa shape index (κ2) is 3.21. The molecule has 1 N–H and O–H groups in total. The Morgan fingerprint density at radius 1 is 1.62 bits per heavy atom. The minimum absolute atomic E-state index is 0.234. The van der Waals surface area contributed by atoms with Gasteiger partial charge in [0.25, 0.3) is 0 Å². The van der Waals surface area contributed by atoms with E-state index in [1.165, 1.54) is 0 Å². The largest absolute Gasteiger partial charge is 0.344 e. The molecule has 1 aromatic rings. The summed E-state index contributed by atoms with van der Waals surface area (Å²) >= 11 is 0. The van der Waals surface area contributed by atoms with E-state index in [1.54, 1.807) is 11.1 Å². The SMILES string of the molecule is CCCn1ncc2c1CN1CC2N(O)C1=O. The monoisotopic (exact) mass is 222 g/mol. The van der Waals surface area contributed by atoms with Crippen LogP contribution in [-0.2, 0) is 13.1 Å². The highest BCUT2D eigenvalue weighted by molar-refractivity contribution is 5.77. The van der Waals surface area contributed by atoms with Crippen LogP contribution in [0, 0.1) is 0 Å². The molecule has 3 heterocycles. The van der Waals surface area contributed by atoms with Crippen LogP contribution >= 0.6 is 0 Å². The van der Waals surface area contributed by atoms with Crippen LogP contribution in [0.4, 0.5) is 4.79 Å². The molecule has 0 saturated carbocycles. The van der Waals surface area contributed by atoms with Crippen LogP contribution in [0.3, 0.4) is 0 Å². The molecule has 2 bridgehead atoms. The second-order valence-corrected chi connectivity index (χ2v) is 4.29. The fourth-order valence-corrected chi connectivity index (χ4v) is 2.47. The van der Waals surface area contributed by atoms with E-state index in [0.717, 1.165) is 29.3 Å². The third-order valence-corrected chi connectivity index (χ3v) is 3.27. The van der Waals surface area contributed by atoms with Crippen LogP contribution in [0.5, 0.6) is 0 Å². The number of carbonyl (C=O) groups excluding carboxylic acids is 1. The Hall–Kier alpha value is -1.56. The van der Waals surface area contributed by atoms with Crippen molar-refractivity contribution < 1.29 is 10.0 Å². The number of hydrogen-bond donors (Lipinski definition) is 1. The maximum Gasteiger partial charge on any atom is 0.344 e. The predicted molar refractivity (Wildman–Crippen MR) is 54.7 cm³/mol. The standard InChI is InChI=1S/C10H14N4O2/c1-2-3-13-8-5-12-6-9(7(8)4-11-13)14(16)10(12)15/h4,9,16H,2-3,5-6H2,1H3. The number of nitrogens with zero attached hydrogens (tertiary/aromatic N) is 4. The van der Waals surface area contributed by atoms with Gasteiger partial charge in [-0.15, -0.1) is 0 Å². The van der Waals surface area contributed by atoms with E-state index in [4.69, 9.17) is 0 Å². The first-order valence-electron chi connectivity index (χ1n) is 5.54. The zero-order valence-corrected chi connectivity index (χ0v) is 9.13. The van der Waals surface area contributed by atoms with Crippen LogP contribution < -0.4 is 0 Å². The smallest absolute Gasteiger partial charge is 0.314 e. The first-order valence-corrected chi connectivity index (χ1v) is 5.54. The lowest BCUT2D eigenvalue weighted by Gasteiger charge is -2.21. The number of carbonyl (C=O) groups is 1. The first kappa shape index (κ1) is 9.65. The normalized spacial score (nSPS) is 22.9. The van der Waals surface area contributed by atoms with Gasteiger partial charge in [0.05, 0.1) is 25.0 Å². The van der Waals surface area contributed by atoms with Gasteiger partial charge in [0.1, 0.15) is 6.04 Å². The molecule has 2 aliphatic heterocycles. The van der Waals surface area contributed by atoms with Gasteiger partial charge in [-0.25, -0.2) is 4.79 Å². The Morgan fingerprint density at radius 3 is 3.19 bits per heavy atom. The zero-order valence-electron chi connectivity index (χ0n) is 9.13. The number of aryl methyl sites for hydroxylation is 1. The molecule has 2 amide bonds. The average molecular weight is 222 g/mol. The summed E-state index contributed by atoms with van der Waals surface area (Å²) in [4.78, 5) is 13.2. The summed E-state index contributed by atoms with van der Waals surface area (Å²) in [6, 6.07) is -0.536. The average Bonchev–Trinajstić information content (AvgIpc) is 2.78. The quantitative estimate of drug-likeness (QED) is 0.758. The highest BCUT2D eigenvalue weighted by Gasteiger charge is 2.44. The minimum Gasteiger partial charge on any atom is -0.314 e. The molecule has 6 nitrogen and oxygen atoms in total.